The summed E-state index contributed by atoms with van der Waals surface area (Å²) < 4.78 is 5.46. The monoisotopic (exact) mass is 224 g/mol. The molecule has 84 valence electrons. The van der Waals surface area contributed by atoms with Gasteiger partial charge in [-0.2, -0.15) is 0 Å². The van der Waals surface area contributed by atoms with Gasteiger partial charge in [0.2, 0.25) is 0 Å². The number of carbonyl (C=O) groups is 1. The van der Waals surface area contributed by atoms with E-state index in [9.17, 15) is 4.79 Å². The number of hydrogen-bond acceptors (Lipinski definition) is 2. The molecule has 2 heteroatoms. The van der Waals surface area contributed by atoms with Gasteiger partial charge in [-0.05, 0) is 22.8 Å². The Morgan fingerprint density at radius 2 is 1.88 bits per heavy atom. The zero-order valence-corrected chi connectivity index (χ0v) is 9.35. The van der Waals surface area contributed by atoms with Crippen LogP contribution in [0.3, 0.4) is 0 Å². The lowest BCUT2D eigenvalue weighted by molar-refractivity contribution is -0.109. The van der Waals surface area contributed by atoms with Crippen molar-refractivity contribution in [1.82, 2.24) is 0 Å². The SMILES string of the molecule is O=CCOc1cccc2c1Cc1ccccc1-2. The van der Waals surface area contributed by atoms with E-state index in [0.29, 0.717) is 0 Å². The Labute approximate surface area is 99.9 Å². The summed E-state index contributed by atoms with van der Waals surface area (Å²) in [5.41, 5.74) is 5.02. The van der Waals surface area contributed by atoms with Gasteiger partial charge in [-0.25, -0.2) is 0 Å². The maximum Gasteiger partial charge on any atom is 0.157 e. The topological polar surface area (TPSA) is 26.3 Å². The molecule has 0 atom stereocenters. The van der Waals surface area contributed by atoms with E-state index in [1.54, 1.807) is 0 Å². The molecule has 0 aliphatic heterocycles. The van der Waals surface area contributed by atoms with Crippen molar-refractivity contribution in [2.75, 3.05) is 6.61 Å². The van der Waals surface area contributed by atoms with Gasteiger partial charge in [-0.3, -0.25) is 4.79 Å². The highest BCUT2D eigenvalue weighted by atomic mass is 16.5. The predicted molar refractivity (Wildman–Crippen MR) is 66.2 cm³/mol. The molecular weight excluding hydrogens is 212 g/mol. The molecule has 1 aliphatic carbocycles. The zero-order valence-electron chi connectivity index (χ0n) is 9.35. The first-order valence-corrected chi connectivity index (χ1v) is 5.67. The molecule has 0 bridgehead atoms. The van der Waals surface area contributed by atoms with E-state index < -0.39 is 0 Å². The largest absolute Gasteiger partial charge is 0.486 e. The van der Waals surface area contributed by atoms with Gasteiger partial charge in [0.15, 0.2) is 6.29 Å². The van der Waals surface area contributed by atoms with Crippen LogP contribution < -0.4 is 4.74 Å². The van der Waals surface area contributed by atoms with Crippen molar-refractivity contribution >= 4 is 6.29 Å². The summed E-state index contributed by atoms with van der Waals surface area (Å²) in [4.78, 5) is 10.4. The molecule has 1 aliphatic rings. The molecule has 3 rings (SSSR count). The van der Waals surface area contributed by atoms with E-state index in [1.807, 2.05) is 18.2 Å². The van der Waals surface area contributed by atoms with Crippen molar-refractivity contribution in [2.24, 2.45) is 0 Å². The van der Waals surface area contributed by atoms with Gasteiger partial charge in [-0.1, -0.05) is 36.4 Å². The number of rotatable bonds is 3. The summed E-state index contributed by atoms with van der Waals surface area (Å²) in [7, 11) is 0. The molecule has 0 amide bonds. The highest BCUT2D eigenvalue weighted by Crippen LogP contribution is 2.40. The van der Waals surface area contributed by atoms with Gasteiger partial charge in [-0.15, -0.1) is 0 Å². The summed E-state index contributed by atoms with van der Waals surface area (Å²) in [6.45, 7) is 0.118. The third kappa shape index (κ3) is 1.62. The van der Waals surface area contributed by atoms with E-state index in [2.05, 4.69) is 24.3 Å². The van der Waals surface area contributed by atoms with Crippen LogP contribution in [0.5, 0.6) is 5.75 Å². The Kier molecular flexibility index (Phi) is 2.41. The fourth-order valence-corrected chi connectivity index (χ4v) is 2.39. The predicted octanol–water partition coefficient (Wildman–Crippen LogP) is 2.84. The summed E-state index contributed by atoms with van der Waals surface area (Å²) in [6, 6.07) is 14.4. The van der Waals surface area contributed by atoms with Crippen LogP contribution in [0.1, 0.15) is 11.1 Å². The lowest BCUT2D eigenvalue weighted by Crippen LogP contribution is -2.00. The van der Waals surface area contributed by atoms with E-state index in [4.69, 9.17) is 4.74 Å². The molecule has 0 heterocycles. The molecule has 2 nitrogen and oxygen atoms in total. The normalized spacial score (nSPS) is 11.8. The van der Waals surface area contributed by atoms with E-state index in [0.717, 1.165) is 18.5 Å². The Morgan fingerprint density at radius 3 is 2.76 bits per heavy atom. The van der Waals surface area contributed by atoms with Gasteiger partial charge in [0, 0.05) is 12.0 Å². The summed E-state index contributed by atoms with van der Waals surface area (Å²) >= 11 is 0. The van der Waals surface area contributed by atoms with Crippen LogP contribution in [-0.2, 0) is 11.2 Å². The van der Waals surface area contributed by atoms with Crippen LogP contribution in [0.15, 0.2) is 42.5 Å². The quantitative estimate of drug-likeness (QED) is 0.639. The molecule has 17 heavy (non-hydrogen) atoms. The Balaban J connectivity index is 2.07. The van der Waals surface area contributed by atoms with Crippen LogP contribution in [-0.4, -0.2) is 12.9 Å². The van der Waals surface area contributed by atoms with Crippen molar-refractivity contribution in [3.63, 3.8) is 0 Å². The molecule has 0 N–H and O–H groups in total. The molecule has 0 fully saturated rings. The Hall–Kier alpha value is -2.09. The highest BCUT2D eigenvalue weighted by Gasteiger charge is 2.20. The zero-order chi connectivity index (χ0) is 11.7. The molecule has 0 aromatic heterocycles. The van der Waals surface area contributed by atoms with E-state index >= 15 is 0 Å². The molecular formula is C15H12O2. The number of aldehydes is 1. The van der Waals surface area contributed by atoms with Gasteiger partial charge < -0.3 is 4.74 Å². The standard InChI is InChI=1S/C15H12O2/c16-8-9-17-15-7-3-6-13-12-5-2-1-4-11(12)10-14(13)15/h1-8H,9-10H2. The number of hydrogen-bond donors (Lipinski definition) is 0. The van der Waals surface area contributed by atoms with Gasteiger partial charge in [0.25, 0.3) is 0 Å². The molecule has 2 aromatic carbocycles. The maximum atomic E-state index is 10.4. The Morgan fingerprint density at radius 1 is 1.06 bits per heavy atom. The van der Waals surface area contributed by atoms with Gasteiger partial charge in [0.05, 0.1) is 0 Å². The van der Waals surface area contributed by atoms with Crippen LogP contribution >= 0.6 is 0 Å². The first-order valence-electron chi connectivity index (χ1n) is 5.67. The second kappa shape index (κ2) is 4.06. The van der Waals surface area contributed by atoms with Crippen molar-refractivity contribution < 1.29 is 9.53 Å². The first kappa shape index (κ1) is 10.1. The van der Waals surface area contributed by atoms with Crippen molar-refractivity contribution in [3.05, 3.63) is 53.6 Å². The van der Waals surface area contributed by atoms with Crippen LogP contribution in [0.2, 0.25) is 0 Å². The molecule has 0 spiro atoms. The molecule has 0 saturated carbocycles. The third-order valence-electron chi connectivity index (χ3n) is 3.11. The van der Waals surface area contributed by atoms with Crippen LogP contribution in [0.4, 0.5) is 0 Å². The second-order valence-corrected chi connectivity index (χ2v) is 4.09. The fourth-order valence-electron chi connectivity index (χ4n) is 2.39. The lowest BCUT2D eigenvalue weighted by atomic mass is 10.1. The van der Waals surface area contributed by atoms with Gasteiger partial charge >= 0.3 is 0 Å². The lowest BCUT2D eigenvalue weighted by Gasteiger charge is -2.08. The van der Waals surface area contributed by atoms with Crippen LogP contribution in [0, 0.1) is 0 Å². The van der Waals surface area contributed by atoms with Crippen molar-refractivity contribution in [1.29, 1.82) is 0 Å². The minimum Gasteiger partial charge on any atom is -0.486 e. The fraction of sp³-hybridized carbons (Fsp3) is 0.133. The number of fused-ring (bicyclic) bond motifs is 3. The van der Waals surface area contributed by atoms with Crippen LogP contribution in [0.25, 0.3) is 11.1 Å². The average Bonchev–Trinajstić information content (AvgIpc) is 2.75. The van der Waals surface area contributed by atoms with Crippen molar-refractivity contribution in [2.45, 2.75) is 6.42 Å². The van der Waals surface area contributed by atoms with E-state index in [1.165, 1.54) is 22.3 Å². The third-order valence-corrected chi connectivity index (χ3v) is 3.11. The summed E-state index contributed by atoms with van der Waals surface area (Å²) in [5.74, 6) is 0.825. The minimum atomic E-state index is 0.118. The number of ether oxygens (including phenoxy) is 1. The molecule has 0 saturated heterocycles. The molecule has 0 unspecified atom stereocenters. The maximum absolute atomic E-state index is 10.4. The second-order valence-electron chi connectivity index (χ2n) is 4.09. The number of benzene rings is 2. The highest BCUT2D eigenvalue weighted by molar-refractivity contribution is 5.79. The number of carbonyl (C=O) groups excluding carboxylic acids is 1. The summed E-state index contributed by atoms with van der Waals surface area (Å²) in [5, 5.41) is 0. The van der Waals surface area contributed by atoms with Crippen molar-refractivity contribution in [3.8, 4) is 16.9 Å². The van der Waals surface area contributed by atoms with Gasteiger partial charge in [0.1, 0.15) is 12.4 Å². The summed E-state index contributed by atoms with van der Waals surface area (Å²) in [6.07, 6.45) is 1.67. The smallest absolute Gasteiger partial charge is 0.157 e. The first-order chi connectivity index (χ1) is 8.40. The molecule has 2 aromatic rings. The molecule has 0 radical (unpaired) electrons. The Bertz CT molecular complexity index is 573. The van der Waals surface area contributed by atoms with E-state index in [-0.39, 0.29) is 6.61 Å². The average molecular weight is 224 g/mol. The minimum absolute atomic E-state index is 0.118.